The van der Waals surface area contributed by atoms with Crippen LogP contribution >= 0.6 is 0 Å². The first kappa shape index (κ1) is 25.9. The number of amides is 2. The molecule has 0 bridgehead atoms. The molecule has 2 amide bonds. The molecule has 1 aliphatic carbocycles. The Morgan fingerprint density at radius 1 is 0.941 bits per heavy atom. The Balaban J connectivity index is 1.72. The van der Waals surface area contributed by atoms with Crippen molar-refractivity contribution in [2.75, 3.05) is 5.32 Å². The predicted octanol–water partition coefficient (Wildman–Crippen LogP) is 4.01. The first-order valence-electron chi connectivity index (χ1n) is 11.8. The van der Waals surface area contributed by atoms with Crippen LogP contribution in [0.2, 0.25) is 0 Å². The third-order valence-corrected chi connectivity index (χ3v) is 7.54. The summed E-state index contributed by atoms with van der Waals surface area (Å²) in [5, 5.41) is 5.79. The SMILES string of the molecule is CC(C)(C)NS(=O)(=O)c1ccc(NC(=O)[C@H](Cc2ccccc2)NC(=O)C2CCCCC2)cc1. The summed E-state index contributed by atoms with van der Waals surface area (Å²) in [6, 6.07) is 14.8. The van der Waals surface area contributed by atoms with Crippen LogP contribution in [0.15, 0.2) is 59.5 Å². The van der Waals surface area contributed by atoms with E-state index in [2.05, 4.69) is 15.4 Å². The lowest BCUT2D eigenvalue weighted by Gasteiger charge is -2.25. The molecular formula is C26H35N3O4S. The third kappa shape index (κ3) is 7.67. The fourth-order valence-electron chi connectivity index (χ4n) is 4.12. The van der Waals surface area contributed by atoms with E-state index in [1.165, 1.54) is 12.1 Å². The van der Waals surface area contributed by atoms with Crippen LogP contribution in [-0.4, -0.2) is 31.8 Å². The second kappa shape index (κ2) is 11.1. The number of carbonyl (C=O) groups is 2. The number of hydrogen-bond acceptors (Lipinski definition) is 4. The van der Waals surface area contributed by atoms with Crippen LogP contribution in [0.25, 0.3) is 0 Å². The van der Waals surface area contributed by atoms with E-state index < -0.39 is 21.6 Å². The van der Waals surface area contributed by atoms with Crippen LogP contribution in [0.3, 0.4) is 0 Å². The van der Waals surface area contributed by atoms with E-state index in [9.17, 15) is 18.0 Å². The quantitative estimate of drug-likeness (QED) is 0.525. The fraction of sp³-hybridized carbons (Fsp3) is 0.462. The Morgan fingerprint density at radius 2 is 1.56 bits per heavy atom. The van der Waals surface area contributed by atoms with Crippen molar-refractivity contribution in [1.29, 1.82) is 0 Å². The summed E-state index contributed by atoms with van der Waals surface area (Å²) >= 11 is 0. The van der Waals surface area contributed by atoms with E-state index in [1.54, 1.807) is 32.9 Å². The minimum Gasteiger partial charge on any atom is -0.344 e. The van der Waals surface area contributed by atoms with Gasteiger partial charge in [-0.3, -0.25) is 9.59 Å². The molecule has 1 fully saturated rings. The number of anilines is 1. The van der Waals surface area contributed by atoms with Gasteiger partial charge in [-0.25, -0.2) is 13.1 Å². The van der Waals surface area contributed by atoms with Crippen LogP contribution < -0.4 is 15.4 Å². The lowest BCUT2D eigenvalue weighted by atomic mass is 9.88. The Bertz CT molecular complexity index is 1070. The van der Waals surface area contributed by atoms with E-state index in [4.69, 9.17) is 0 Å². The highest BCUT2D eigenvalue weighted by atomic mass is 32.2. The number of sulfonamides is 1. The molecule has 34 heavy (non-hydrogen) atoms. The normalized spacial score (nSPS) is 16.0. The maximum atomic E-state index is 13.1. The molecule has 0 aromatic heterocycles. The van der Waals surface area contributed by atoms with E-state index in [0.29, 0.717) is 12.1 Å². The molecule has 8 heteroatoms. The topological polar surface area (TPSA) is 104 Å². The van der Waals surface area contributed by atoms with E-state index in [1.807, 2.05) is 30.3 Å². The zero-order chi connectivity index (χ0) is 24.8. The number of rotatable bonds is 8. The van der Waals surface area contributed by atoms with Crippen molar-refractivity contribution in [2.45, 2.75) is 75.8 Å². The summed E-state index contributed by atoms with van der Waals surface area (Å²) in [5.41, 5.74) is 0.804. The number of nitrogens with one attached hydrogen (secondary N) is 3. The lowest BCUT2D eigenvalue weighted by Crippen LogP contribution is -2.47. The van der Waals surface area contributed by atoms with Gasteiger partial charge in [0.05, 0.1) is 4.90 Å². The summed E-state index contributed by atoms with van der Waals surface area (Å²) in [4.78, 5) is 26.1. The minimum atomic E-state index is -3.67. The first-order chi connectivity index (χ1) is 16.0. The molecule has 2 aromatic carbocycles. The molecule has 0 unspecified atom stereocenters. The van der Waals surface area contributed by atoms with Gasteiger partial charge in [-0.1, -0.05) is 49.6 Å². The van der Waals surface area contributed by atoms with Gasteiger partial charge in [0.15, 0.2) is 0 Å². The Hall–Kier alpha value is -2.71. The van der Waals surface area contributed by atoms with Gasteiger partial charge in [-0.05, 0) is 63.4 Å². The Labute approximate surface area is 202 Å². The molecule has 0 aliphatic heterocycles. The van der Waals surface area contributed by atoms with E-state index in [0.717, 1.165) is 37.7 Å². The van der Waals surface area contributed by atoms with Crippen molar-refractivity contribution in [3.8, 4) is 0 Å². The summed E-state index contributed by atoms with van der Waals surface area (Å²) in [6.07, 6.45) is 5.29. The van der Waals surface area contributed by atoms with Gasteiger partial charge in [0.2, 0.25) is 21.8 Å². The van der Waals surface area contributed by atoms with E-state index >= 15 is 0 Å². The van der Waals surface area contributed by atoms with Gasteiger partial charge < -0.3 is 10.6 Å². The zero-order valence-electron chi connectivity index (χ0n) is 20.1. The second-order valence-electron chi connectivity index (χ2n) is 9.95. The molecule has 0 spiro atoms. The monoisotopic (exact) mass is 485 g/mol. The molecule has 184 valence electrons. The molecule has 0 radical (unpaired) electrons. The molecule has 0 heterocycles. The molecule has 0 saturated heterocycles. The zero-order valence-corrected chi connectivity index (χ0v) is 21.0. The summed E-state index contributed by atoms with van der Waals surface area (Å²) < 4.78 is 27.6. The molecule has 1 saturated carbocycles. The average Bonchev–Trinajstić information content (AvgIpc) is 2.78. The molecule has 1 atom stereocenters. The van der Waals surface area contributed by atoms with Crippen molar-refractivity contribution >= 4 is 27.5 Å². The van der Waals surface area contributed by atoms with Crippen molar-refractivity contribution < 1.29 is 18.0 Å². The molecule has 2 aromatic rings. The highest BCUT2D eigenvalue weighted by molar-refractivity contribution is 7.89. The second-order valence-corrected chi connectivity index (χ2v) is 11.6. The lowest BCUT2D eigenvalue weighted by molar-refractivity contribution is -0.130. The third-order valence-electron chi connectivity index (χ3n) is 5.76. The molecule has 3 rings (SSSR count). The van der Waals surface area contributed by atoms with Gasteiger partial charge in [0.1, 0.15) is 6.04 Å². The summed E-state index contributed by atoms with van der Waals surface area (Å²) in [5.74, 6) is -0.471. The number of carbonyl (C=O) groups excluding carboxylic acids is 2. The number of benzene rings is 2. The molecular weight excluding hydrogens is 450 g/mol. The molecule has 7 nitrogen and oxygen atoms in total. The standard InChI is InChI=1S/C26H35N3O4S/c1-26(2,3)29-34(32,33)22-16-14-21(15-17-22)27-25(31)23(18-19-10-6-4-7-11-19)28-24(30)20-12-8-5-9-13-20/h4,6-7,10-11,14-17,20,23,29H,5,8-9,12-13,18H2,1-3H3,(H,27,31)(H,28,30)/t23-/m0/s1. The van der Waals surface area contributed by atoms with Crippen molar-refractivity contribution in [1.82, 2.24) is 10.0 Å². The minimum absolute atomic E-state index is 0.0559. The smallest absolute Gasteiger partial charge is 0.247 e. The van der Waals surface area contributed by atoms with Gasteiger partial charge in [-0.15, -0.1) is 0 Å². The predicted molar refractivity (Wildman–Crippen MR) is 134 cm³/mol. The fourth-order valence-corrected chi connectivity index (χ4v) is 5.54. The van der Waals surface area contributed by atoms with Gasteiger partial charge in [-0.2, -0.15) is 0 Å². The highest BCUT2D eigenvalue weighted by Crippen LogP contribution is 2.24. The molecule has 3 N–H and O–H groups in total. The Morgan fingerprint density at radius 3 is 2.15 bits per heavy atom. The highest BCUT2D eigenvalue weighted by Gasteiger charge is 2.27. The van der Waals surface area contributed by atoms with Gasteiger partial charge >= 0.3 is 0 Å². The summed E-state index contributed by atoms with van der Waals surface area (Å²) in [6.45, 7) is 5.31. The van der Waals surface area contributed by atoms with Crippen molar-refractivity contribution in [3.05, 3.63) is 60.2 Å². The maximum absolute atomic E-state index is 13.1. The maximum Gasteiger partial charge on any atom is 0.247 e. The van der Waals surface area contributed by atoms with Crippen LogP contribution in [0.1, 0.15) is 58.4 Å². The van der Waals surface area contributed by atoms with Crippen molar-refractivity contribution in [2.24, 2.45) is 5.92 Å². The molecule has 1 aliphatic rings. The number of hydrogen-bond donors (Lipinski definition) is 3. The van der Waals surface area contributed by atoms with Crippen molar-refractivity contribution in [3.63, 3.8) is 0 Å². The average molecular weight is 486 g/mol. The van der Waals surface area contributed by atoms with Crippen LogP contribution in [0.5, 0.6) is 0 Å². The van der Waals surface area contributed by atoms with Crippen LogP contribution in [0.4, 0.5) is 5.69 Å². The summed E-state index contributed by atoms with van der Waals surface area (Å²) in [7, 11) is -3.67. The first-order valence-corrected chi connectivity index (χ1v) is 13.3. The van der Waals surface area contributed by atoms with Crippen LogP contribution in [-0.2, 0) is 26.0 Å². The Kier molecular flexibility index (Phi) is 8.49. The largest absolute Gasteiger partial charge is 0.344 e. The van der Waals surface area contributed by atoms with E-state index in [-0.39, 0.29) is 22.6 Å². The van der Waals surface area contributed by atoms with Gasteiger partial charge in [0.25, 0.3) is 0 Å². The van der Waals surface area contributed by atoms with Crippen LogP contribution in [0, 0.1) is 5.92 Å². The van der Waals surface area contributed by atoms with Gasteiger partial charge in [0, 0.05) is 23.6 Å².